The van der Waals surface area contributed by atoms with Gasteiger partial charge in [-0.3, -0.25) is 4.79 Å². The van der Waals surface area contributed by atoms with Crippen molar-refractivity contribution < 1.29 is 4.79 Å². The van der Waals surface area contributed by atoms with E-state index >= 15 is 0 Å². The normalized spacial score (nSPS) is 12.5. The molecule has 0 fully saturated rings. The molecule has 5 nitrogen and oxygen atoms in total. The second kappa shape index (κ2) is 5.41. The van der Waals surface area contributed by atoms with Crippen LogP contribution in [0.1, 0.15) is 19.5 Å². The van der Waals surface area contributed by atoms with Gasteiger partial charge in [0.1, 0.15) is 0 Å². The maximum Gasteiger partial charge on any atom is 0.237 e. The summed E-state index contributed by atoms with van der Waals surface area (Å²) in [5.74, 6) is -0.0255. The molecule has 1 rings (SSSR count). The van der Waals surface area contributed by atoms with E-state index in [9.17, 15) is 4.79 Å². The Hall–Kier alpha value is -1.49. The number of nitrogens with one attached hydrogen (secondary N) is 1. The van der Waals surface area contributed by atoms with Crippen LogP contribution in [-0.2, 0) is 11.3 Å². The summed E-state index contributed by atoms with van der Waals surface area (Å²) < 4.78 is 0. The van der Waals surface area contributed by atoms with Crippen LogP contribution in [0.4, 0.5) is 0 Å². The number of nitrogens with two attached hydrogens (primary N) is 1. The Bertz CT molecular complexity index is 312. The van der Waals surface area contributed by atoms with E-state index < -0.39 is 6.04 Å². The summed E-state index contributed by atoms with van der Waals surface area (Å²) >= 11 is 0. The van der Waals surface area contributed by atoms with Crippen LogP contribution in [0.15, 0.2) is 18.3 Å². The molecule has 0 saturated carbocycles. The van der Waals surface area contributed by atoms with Gasteiger partial charge in [0.25, 0.3) is 0 Å². The van der Waals surface area contributed by atoms with Gasteiger partial charge in [-0.2, -0.15) is 10.2 Å². The van der Waals surface area contributed by atoms with E-state index in [1.165, 1.54) is 0 Å². The third kappa shape index (κ3) is 3.63. The molecule has 0 radical (unpaired) electrons. The molecule has 0 aliphatic heterocycles. The summed E-state index contributed by atoms with van der Waals surface area (Å²) in [4.78, 5) is 11.5. The largest absolute Gasteiger partial charge is 0.349 e. The summed E-state index contributed by atoms with van der Waals surface area (Å²) in [6.07, 6.45) is 1.59. The van der Waals surface area contributed by atoms with Gasteiger partial charge in [-0.1, -0.05) is 13.8 Å². The lowest BCUT2D eigenvalue weighted by Gasteiger charge is -2.14. The van der Waals surface area contributed by atoms with Crippen molar-refractivity contribution >= 4 is 5.91 Å². The lowest BCUT2D eigenvalue weighted by Crippen LogP contribution is -2.43. The smallest absolute Gasteiger partial charge is 0.237 e. The predicted molar refractivity (Wildman–Crippen MR) is 56.7 cm³/mol. The lowest BCUT2D eigenvalue weighted by atomic mass is 10.1. The average Bonchev–Trinajstić information content (AvgIpc) is 2.26. The highest BCUT2D eigenvalue weighted by molar-refractivity contribution is 5.81. The number of hydrogen-bond acceptors (Lipinski definition) is 4. The summed E-state index contributed by atoms with van der Waals surface area (Å²) in [7, 11) is 0. The molecule has 1 aromatic rings. The van der Waals surface area contributed by atoms with Gasteiger partial charge in [0.2, 0.25) is 5.91 Å². The second-order valence-electron chi connectivity index (χ2n) is 3.70. The highest BCUT2D eigenvalue weighted by Crippen LogP contribution is 1.98. The molecule has 0 unspecified atom stereocenters. The first-order chi connectivity index (χ1) is 7.11. The number of rotatable bonds is 4. The summed E-state index contributed by atoms with van der Waals surface area (Å²) in [6.45, 7) is 4.19. The topological polar surface area (TPSA) is 80.9 Å². The van der Waals surface area contributed by atoms with Gasteiger partial charge in [-0.25, -0.2) is 0 Å². The van der Waals surface area contributed by atoms with Crippen molar-refractivity contribution in [2.24, 2.45) is 11.7 Å². The van der Waals surface area contributed by atoms with Crippen LogP contribution < -0.4 is 11.1 Å². The van der Waals surface area contributed by atoms with Crippen molar-refractivity contribution in [3.63, 3.8) is 0 Å². The molecule has 1 heterocycles. The van der Waals surface area contributed by atoms with E-state index in [2.05, 4.69) is 15.5 Å². The van der Waals surface area contributed by atoms with Crippen LogP contribution in [0.2, 0.25) is 0 Å². The second-order valence-corrected chi connectivity index (χ2v) is 3.70. The van der Waals surface area contributed by atoms with E-state index in [0.717, 1.165) is 5.69 Å². The number of carbonyl (C=O) groups excluding carboxylic acids is 1. The van der Waals surface area contributed by atoms with E-state index in [0.29, 0.717) is 6.54 Å². The maximum absolute atomic E-state index is 11.5. The number of aromatic nitrogens is 2. The molecule has 0 bridgehead atoms. The Labute approximate surface area is 89.1 Å². The van der Waals surface area contributed by atoms with Gasteiger partial charge in [0.15, 0.2) is 0 Å². The van der Waals surface area contributed by atoms with Crippen LogP contribution in [-0.4, -0.2) is 22.1 Å². The molecule has 5 heteroatoms. The Morgan fingerprint density at radius 3 is 2.87 bits per heavy atom. The molecule has 0 aromatic carbocycles. The van der Waals surface area contributed by atoms with Crippen molar-refractivity contribution in [1.82, 2.24) is 15.5 Å². The standard InChI is InChI=1S/C10H16N4O/c1-7(2)9(11)10(15)12-6-8-4-3-5-13-14-8/h3-5,7,9H,6,11H2,1-2H3,(H,12,15)/t9-/m0/s1. The zero-order valence-electron chi connectivity index (χ0n) is 8.97. The molecule has 15 heavy (non-hydrogen) atoms. The van der Waals surface area contributed by atoms with Crippen LogP contribution in [0.25, 0.3) is 0 Å². The van der Waals surface area contributed by atoms with Gasteiger partial charge >= 0.3 is 0 Å². The van der Waals surface area contributed by atoms with Crippen molar-refractivity contribution in [2.75, 3.05) is 0 Å². The minimum atomic E-state index is -0.471. The van der Waals surface area contributed by atoms with Gasteiger partial charge in [0, 0.05) is 6.20 Å². The molecule has 3 N–H and O–H groups in total. The van der Waals surface area contributed by atoms with Crippen LogP contribution in [0.5, 0.6) is 0 Å². The first-order valence-corrected chi connectivity index (χ1v) is 4.91. The monoisotopic (exact) mass is 208 g/mol. The van der Waals surface area contributed by atoms with Crippen molar-refractivity contribution in [3.05, 3.63) is 24.0 Å². The molecule has 1 aromatic heterocycles. The zero-order chi connectivity index (χ0) is 11.3. The molecule has 82 valence electrons. The number of nitrogens with zero attached hydrogens (tertiary/aromatic N) is 2. The number of carbonyl (C=O) groups is 1. The van der Waals surface area contributed by atoms with Crippen molar-refractivity contribution in [3.8, 4) is 0 Å². The molecule has 1 atom stereocenters. The Morgan fingerprint density at radius 2 is 2.33 bits per heavy atom. The highest BCUT2D eigenvalue weighted by Gasteiger charge is 2.16. The van der Waals surface area contributed by atoms with Gasteiger partial charge in [-0.15, -0.1) is 0 Å². The molecule has 0 aliphatic rings. The maximum atomic E-state index is 11.5. The predicted octanol–water partition coefficient (Wildman–Crippen LogP) is 0.0761. The van der Waals surface area contributed by atoms with E-state index in [4.69, 9.17) is 5.73 Å². The Morgan fingerprint density at radius 1 is 1.60 bits per heavy atom. The van der Waals surface area contributed by atoms with Crippen molar-refractivity contribution in [2.45, 2.75) is 26.4 Å². The van der Waals surface area contributed by atoms with Crippen LogP contribution >= 0.6 is 0 Å². The molecular weight excluding hydrogens is 192 g/mol. The zero-order valence-corrected chi connectivity index (χ0v) is 8.97. The minimum absolute atomic E-state index is 0.131. The number of hydrogen-bond donors (Lipinski definition) is 2. The third-order valence-electron chi connectivity index (χ3n) is 2.09. The number of amides is 1. The molecule has 1 amide bonds. The van der Waals surface area contributed by atoms with E-state index in [-0.39, 0.29) is 11.8 Å². The van der Waals surface area contributed by atoms with E-state index in [1.807, 2.05) is 13.8 Å². The SMILES string of the molecule is CC(C)[C@H](N)C(=O)NCc1cccnn1. The van der Waals surface area contributed by atoms with Crippen LogP contribution in [0, 0.1) is 5.92 Å². The summed E-state index contributed by atoms with van der Waals surface area (Å²) in [5, 5.41) is 10.3. The Kier molecular flexibility index (Phi) is 4.17. The van der Waals surface area contributed by atoms with Crippen molar-refractivity contribution in [1.29, 1.82) is 0 Å². The Balaban J connectivity index is 2.41. The quantitative estimate of drug-likeness (QED) is 0.734. The fourth-order valence-corrected chi connectivity index (χ4v) is 1.03. The average molecular weight is 208 g/mol. The summed E-state index contributed by atoms with van der Waals surface area (Å²) in [5.41, 5.74) is 6.40. The van der Waals surface area contributed by atoms with Gasteiger partial charge in [0.05, 0.1) is 18.3 Å². The van der Waals surface area contributed by atoms with Gasteiger partial charge in [-0.05, 0) is 18.1 Å². The first-order valence-electron chi connectivity index (χ1n) is 4.91. The molecule has 0 saturated heterocycles. The fourth-order valence-electron chi connectivity index (χ4n) is 1.03. The van der Waals surface area contributed by atoms with Crippen LogP contribution in [0.3, 0.4) is 0 Å². The highest BCUT2D eigenvalue weighted by atomic mass is 16.2. The molecular formula is C10H16N4O. The molecule has 0 spiro atoms. The summed E-state index contributed by atoms with van der Waals surface area (Å²) in [6, 6.07) is 3.10. The minimum Gasteiger partial charge on any atom is -0.349 e. The third-order valence-corrected chi connectivity index (χ3v) is 2.09. The lowest BCUT2D eigenvalue weighted by molar-refractivity contribution is -0.123. The molecule has 0 aliphatic carbocycles. The first kappa shape index (κ1) is 11.6. The van der Waals surface area contributed by atoms with Gasteiger partial charge < -0.3 is 11.1 Å². The fraction of sp³-hybridized carbons (Fsp3) is 0.500. The van der Waals surface area contributed by atoms with E-state index in [1.54, 1.807) is 18.3 Å².